The zero-order valence-electron chi connectivity index (χ0n) is 10.2. The van der Waals surface area contributed by atoms with Crippen LogP contribution in [-0.2, 0) is 9.53 Å². The molecule has 0 heterocycles. The highest BCUT2D eigenvalue weighted by Crippen LogP contribution is 2.31. The fraction of sp³-hybridized carbons (Fsp3) is 0.917. The third kappa shape index (κ3) is 3.76. The van der Waals surface area contributed by atoms with E-state index in [1.54, 1.807) is 0 Å². The Morgan fingerprint density at radius 1 is 1.44 bits per heavy atom. The summed E-state index contributed by atoms with van der Waals surface area (Å²) in [6.45, 7) is 4.35. The molecular formula is C12H23NO3. The molecule has 94 valence electrons. The Hall–Kier alpha value is -0.610. The molecule has 0 aliphatic heterocycles. The number of rotatable bonds is 4. The number of carbonyl (C=O) groups excluding carboxylic acids is 1. The van der Waals surface area contributed by atoms with E-state index >= 15 is 0 Å². The molecule has 1 aliphatic carbocycles. The van der Waals surface area contributed by atoms with Crippen molar-refractivity contribution in [1.29, 1.82) is 0 Å². The summed E-state index contributed by atoms with van der Waals surface area (Å²) in [7, 11) is 0. The number of carbonyl (C=O) groups is 1. The molecule has 4 nitrogen and oxygen atoms in total. The molecule has 0 spiro atoms. The lowest BCUT2D eigenvalue weighted by molar-refractivity contribution is -0.153. The van der Waals surface area contributed by atoms with Gasteiger partial charge in [0.05, 0.1) is 0 Å². The first-order chi connectivity index (χ1) is 7.54. The molecule has 1 fully saturated rings. The van der Waals surface area contributed by atoms with Crippen LogP contribution in [0.15, 0.2) is 0 Å². The Morgan fingerprint density at radius 2 is 2.12 bits per heavy atom. The minimum Gasteiger partial charge on any atom is -0.461 e. The number of hydrogen-bond acceptors (Lipinski definition) is 4. The second-order valence-corrected chi connectivity index (χ2v) is 4.95. The van der Waals surface area contributed by atoms with Gasteiger partial charge in [0, 0.05) is 6.61 Å². The summed E-state index contributed by atoms with van der Waals surface area (Å²) in [5.41, 5.74) is 5.57. The van der Waals surface area contributed by atoms with E-state index in [9.17, 15) is 4.79 Å². The molecule has 0 saturated heterocycles. The average molecular weight is 229 g/mol. The molecule has 0 radical (unpaired) electrons. The molecule has 0 amide bonds. The van der Waals surface area contributed by atoms with Crippen molar-refractivity contribution in [3.63, 3.8) is 0 Å². The van der Waals surface area contributed by atoms with Crippen molar-refractivity contribution in [3.8, 4) is 0 Å². The largest absolute Gasteiger partial charge is 0.461 e. The number of aliphatic hydroxyl groups is 1. The number of hydrogen-bond donors (Lipinski definition) is 2. The normalized spacial score (nSPS) is 32.1. The summed E-state index contributed by atoms with van der Waals surface area (Å²) in [4.78, 5) is 11.5. The van der Waals surface area contributed by atoms with E-state index in [2.05, 4.69) is 13.8 Å². The lowest BCUT2D eigenvalue weighted by Gasteiger charge is -2.32. The van der Waals surface area contributed by atoms with Gasteiger partial charge < -0.3 is 15.6 Å². The Kier molecular flexibility index (Phi) is 5.22. The van der Waals surface area contributed by atoms with Crippen molar-refractivity contribution in [2.24, 2.45) is 17.6 Å². The van der Waals surface area contributed by atoms with Crippen molar-refractivity contribution in [2.45, 2.75) is 51.7 Å². The lowest BCUT2D eigenvalue weighted by Crippen LogP contribution is -2.37. The van der Waals surface area contributed by atoms with Gasteiger partial charge in [-0.3, -0.25) is 4.79 Å². The second kappa shape index (κ2) is 6.21. The molecule has 1 rings (SSSR count). The molecule has 0 aromatic rings. The minimum absolute atomic E-state index is 0.0171. The van der Waals surface area contributed by atoms with E-state index in [1.165, 1.54) is 0 Å². The number of nitrogens with two attached hydrogens (primary N) is 1. The average Bonchev–Trinajstić information content (AvgIpc) is 2.24. The predicted molar refractivity (Wildman–Crippen MR) is 61.7 cm³/mol. The Morgan fingerprint density at radius 3 is 2.69 bits per heavy atom. The SMILES string of the molecule is CC1CCC(OC(=O)[C@@H](N)CCO)CC1C. The molecule has 3 unspecified atom stereocenters. The summed E-state index contributed by atoms with van der Waals surface area (Å²) in [6, 6.07) is -0.681. The van der Waals surface area contributed by atoms with Gasteiger partial charge in [0.1, 0.15) is 12.1 Å². The van der Waals surface area contributed by atoms with Gasteiger partial charge in [-0.1, -0.05) is 13.8 Å². The molecule has 3 N–H and O–H groups in total. The Bertz CT molecular complexity index is 232. The van der Waals surface area contributed by atoms with Crippen LogP contribution in [0, 0.1) is 11.8 Å². The van der Waals surface area contributed by atoms with Crippen molar-refractivity contribution < 1.29 is 14.6 Å². The maximum atomic E-state index is 11.5. The smallest absolute Gasteiger partial charge is 0.323 e. The summed E-state index contributed by atoms with van der Waals surface area (Å²) in [5.74, 6) is 0.933. The van der Waals surface area contributed by atoms with Gasteiger partial charge in [-0.15, -0.1) is 0 Å². The fourth-order valence-electron chi connectivity index (χ4n) is 2.11. The van der Waals surface area contributed by atoms with Crippen LogP contribution in [-0.4, -0.2) is 29.8 Å². The molecule has 0 bridgehead atoms. The molecule has 1 saturated carbocycles. The van der Waals surface area contributed by atoms with Gasteiger partial charge in [-0.05, 0) is 37.5 Å². The summed E-state index contributed by atoms with van der Waals surface area (Å²) in [6.07, 6.45) is 3.26. The van der Waals surface area contributed by atoms with E-state index < -0.39 is 6.04 Å². The van der Waals surface area contributed by atoms with Crippen LogP contribution in [0.2, 0.25) is 0 Å². The first-order valence-corrected chi connectivity index (χ1v) is 6.11. The van der Waals surface area contributed by atoms with Crippen LogP contribution in [0.5, 0.6) is 0 Å². The topological polar surface area (TPSA) is 72.5 Å². The Balaban J connectivity index is 2.34. The fourth-order valence-corrected chi connectivity index (χ4v) is 2.11. The van der Waals surface area contributed by atoms with E-state index in [1.807, 2.05) is 0 Å². The second-order valence-electron chi connectivity index (χ2n) is 4.95. The van der Waals surface area contributed by atoms with Crippen LogP contribution in [0.4, 0.5) is 0 Å². The standard InChI is InChI=1S/C12H23NO3/c1-8-3-4-10(7-9(8)2)16-12(15)11(13)5-6-14/h8-11,14H,3-7,13H2,1-2H3/t8?,9?,10?,11-/m0/s1. The van der Waals surface area contributed by atoms with Crippen molar-refractivity contribution in [1.82, 2.24) is 0 Å². The zero-order chi connectivity index (χ0) is 12.1. The van der Waals surface area contributed by atoms with Gasteiger partial charge in [-0.2, -0.15) is 0 Å². The molecule has 0 aromatic carbocycles. The molecular weight excluding hydrogens is 206 g/mol. The summed E-state index contributed by atoms with van der Waals surface area (Å²) < 4.78 is 5.35. The number of ether oxygens (including phenoxy) is 1. The summed E-state index contributed by atoms with van der Waals surface area (Å²) in [5, 5.41) is 8.68. The Labute approximate surface area is 97.2 Å². The van der Waals surface area contributed by atoms with Crippen molar-refractivity contribution in [3.05, 3.63) is 0 Å². The van der Waals surface area contributed by atoms with E-state index in [0.717, 1.165) is 19.3 Å². The number of aliphatic hydroxyl groups excluding tert-OH is 1. The van der Waals surface area contributed by atoms with Gasteiger partial charge in [-0.25, -0.2) is 0 Å². The molecule has 16 heavy (non-hydrogen) atoms. The van der Waals surface area contributed by atoms with Crippen molar-refractivity contribution >= 4 is 5.97 Å². The first kappa shape index (κ1) is 13.5. The summed E-state index contributed by atoms with van der Waals surface area (Å²) >= 11 is 0. The van der Waals surface area contributed by atoms with Gasteiger partial charge in [0.25, 0.3) is 0 Å². The third-order valence-electron chi connectivity index (χ3n) is 3.58. The van der Waals surface area contributed by atoms with Gasteiger partial charge >= 0.3 is 5.97 Å². The minimum atomic E-state index is -0.681. The highest BCUT2D eigenvalue weighted by Gasteiger charge is 2.28. The zero-order valence-corrected chi connectivity index (χ0v) is 10.2. The maximum absolute atomic E-state index is 11.5. The van der Waals surface area contributed by atoms with E-state index in [4.69, 9.17) is 15.6 Å². The van der Waals surface area contributed by atoms with Crippen LogP contribution in [0.25, 0.3) is 0 Å². The van der Waals surface area contributed by atoms with Gasteiger partial charge in [0.15, 0.2) is 0 Å². The van der Waals surface area contributed by atoms with Crippen LogP contribution >= 0.6 is 0 Å². The van der Waals surface area contributed by atoms with E-state index in [0.29, 0.717) is 11.8 Å². The number of esters is 1. The van der Waals surface area contributed by atoms with Crippen LogP contribution < -0.4 is 5.73 Å². The first-order valence-electron chi connectivity index (χ1n) is 6.11. The van der Waals surface area contributed by atoms with Crippen molar-refractivity contribution in [2.75, 3.05) is 6.61 Å². The maximum Gasteiger partial charge on any atom is 0.323 e. The third-order valence-corrected chi connectivity index (χ3v) is 3.58. The predicted octanol–water partition coefficient (Wildman–Crippen LogP) is 1.06. The van der Waals surface area contributed by atoms with Crippen LogP contribution in [0.1, 0.15) is 39.5 Å². The molecule has 0 aromatic heterocycles. The molecule has 1 aliphatic rings. The monoisotopic (exact) mass is 229 g/mol. The molecule has 4 heteroatoms. The molecule has 4 atom stereocenters. The highest BCUT2D eigenvalue weighted by atomic mass is 16.5. The van der Waals surface area contributed by atoms with E-state index in [-0.39, 0.29) is 25.1 Å². The van der Waals surface area contributed by atoms with Crippen LogP contribution in [0.3, 0.4) is 0 Å². The lowest BCUT2D eigenvalue weighted by atomic mass is 9.80. The quantitative estimate of drug-likeness (QED) is 0.707. The van der Waals surface area contributed by atoms with Gasteiger partial charge in [0.2, 0.25) is 0 Å². The highest BCUT2D eigenvalue weighted by molar-refractivity contribution is 5.75.